The van der Waals surface area contributed by atoms with Crippen molar-refractivity contribution in [2.75, 3.05) is 0 Å². The average Bonchev–Trinajstić information content (AvgIpc) is 2.16. The van der Waals surface area contributed by atoms with E-state index in [2.05, 4.69) is 65.4 Å². The summed E-state index contributed by atoms with van der Waals surface area (Å²) in [5.74, 6) is 0.683. The lowest BCUT2D eigenvalue weighted by Gasteiger charge is -2.29. The van der Waals surface area contributed by atoms with Gasteiger partial charge in [-0.25, -0.2) is 4.40 Å². The largest absolute Gasteiger partial charge is 0.225 e. The van der Waals surface area contributed by atoms with E-state index in [1.165, 1.54) is 11.3 Å². The van der Waals surface area contributed by atoms with E-state index in [1.54, 1.807) is 11.9 Å². The van der Waals surface area contributed by atoms with Crippen molar-refractivity contribution in [2.45, 2.75) is 44.3 Å². The van der Waals surface area contributed by atoms with Crippen LogP contribution in [0.5, 0.6) is 0 Å². The summed E-state index contributed by atoms with van der Waals surface area (Å²) in [6.07, 6.45) is 2.26. The van der Waals surface area contributed by atoms with Crippen molar-refractivity contribution in [1.82, 2.24) is 0 Å². The molecule has 0 radical (unpaired) electrons. The fourth-order valence-electron chi connectivity index (χ4n) is 1.76. The number of hydrogen-bond acceptors (Lipinski definition) is 2. The van der Waals surface area contributed by atoms with Gasteiger partial charge >= 0.3 is 0 Å². The highest BCUT2D eigenvalue weighted by atomic mass is 79.9. The van der Waals surface area contributed by atoms with E-state index in [1.807, 2.05) is 0 Å². The van der Waals surface area contributed by atoms with Crippen LogP contribution >= 0.6 is 27.9 Å². The summed E-state index contributed by atoms with van der Waals surface area (Å²) in [4.78, 5) is 0. The Kier molecular flexibility index (Phi) is 3.99. The van der Waals surface area contributed by atoms with Crippen molar-refractivity contribution in [3.63, 3.8) is 0 Å². The molecule has 1 aromatic carbocycles. The minimum atomic E-state index is 0.232. The molecule has 0 saturated heterocycles. The molecule has 0 aliphatic heterocycles. The lowest BCUT2D eigenvalue weighted by molar-refractivity contribution is 0.661. The third-order valence-corrected chi connectivity index (χ3v) is 4.18. The summed E-state index contributed by atoms with van der Waals surface area (Å²) in [6, 6.07) is 8.66. The molecule has 1 fully saturated rings. The van der Waals surface area contributed by atoms with Crippen molar-refractivity contribution in [3.05, 3.63) is 34.3 Å². The number of halogens is 1. The van der Waals surface area contributed by atoms with Crippen LogP contribution in [0, 0.1) is 0 Å². The summed E-state index contributed by atoms with van der Waals surface area (Å²) in [5, 5.41) is 0. The maximum absolute atomic E-state index is 4.62. The van der Waals surface area contributed by atoms with Gasteiger partial charge in [0.2, 0.25) is 0 Å². The first-order valence-electron chi connectivity index (χ1n) is 5.93. The minimum absolute atomic E-state index is 0.232. The van der Waals surface area contributed by atoms with E-state index < -0.39 is 0 Å². The molecule has 0 spiro atoms. The van der Waals surface area contributed by atoms with Crippen LogP contribution in [0.1, 0.15) is 45.1 Å². The van der Waals surface area contributed by atoms with Gasteiger partial charge < -0.3 is 0 Å². The van der Waals surface area contributed by atoms with Crippen LogP contribution in [-0.4, -0.2) is 10.5 Å². The highest BCUT2D eigenvalue weighted by molar-refractivity contribution is 9.10. The van der Waals surface area contributed by atoms with Gasteiger partial charge in [-0.2, -0.15) is 0 Å². The third-order valence-electron chi connectivity index (χ3n) is 2.75. The Morgan fingerprint density at radius 3 is 2.29 bits per heavy atom. The molecule has 0 unspecified atom stereocenters. The predicted molar refractivity (Wildman–Crippen MR) is 80.9 cm³/mol. The lowest BCUT2D eigenvalue weighted by atomic mass is 9.78. The fourth-order valence-corrected chi connectivity index (χ4v) is 2.57. The minimum Gasteiger partial charge on any atom is -0.225 e. The van der Waals surface area contributed by atoms with E-state index in [4.69, 9.17) is 0 Å². The first kappa shape index (κ1) is 13.2. The molecule has 3 heteroatoms. The predicted octanol–water partition coefficient (Wildman–Crippen LogP) is 5.21. The standard InChI is InChI=1S/C14H18BrNS/c1-14(2,3)17-16-13-8-11(9-13)10-4-6-12(15)7-5-10/h4-7,11H,8-9H2,1-3H3. The van der Waals surface area contributed by atoms with Crippen molar-refractivity contribution >= 4 is 33.6 Å². The maximum atomic E-state index is 4.62. The first-order chi connectivity index (χ1) is 7.94. The Balaban J connectivity index is 1.88. The lowest BCUT2D eigenvalue weighted by Crippen LogP contribution is -2.21. The Morgan fingerprint density at radius 2 is 1.76 bits per heavy atom. The molecule has 0 atom stereocenters. The van der Waals surface area contributed by atoms with E-state index >= 15 is 0 Å². The van der Waals surface area contributed by atoms with Crippen molar-refractivity contribution in [2.24, 2.45) is 4.40 Å². The number of nitrogens with zero attached hydrogens (tertiary/aromatic N) is 1. The molecule has 1 aromatic rings. The van der Waals surface area contributed by atoms with Crippen molar-refractivity contribution in [3.8, 4) is 0 Å². The molecule has 92 valence electrons. The second kappa shape index (κ2) is 5.15. The van der Waals surface area contributed by atoms with Gasteiger partial charge in [0.05, 0.1) is 0 Å². The first-order valence-corrected chi connectivity index (χ1v) is 7.50. The Hall–Kier alpha value is -0.280. The third kappa shape index (κ3) is 3.85. The van der Waals surface area contributed by atoms with Gasteiger partial charge in [-0.05, 0) is 69.2 Å². The molecule has 0 N–H and O–H groups in total. The molecule has 1 nitrogen and oxygen atoms in total. The van der Waals surface area contributed by atoms with Crippen LogP contribution in [0.2, 0.25) is 0 Å². The van der Waals surface area contributed by atoms with Crippen LogP contribution in [-0.2, 0) is 0 Å². The molecule has 0 bridgehead atoms. The van der Waals surface area contributed by atoms with Crippen molar-refractivity contribution in [1.29, 1.82) is 0 Å². The van der Waals surface area contributed by atoms with Gasteiger partial charge in [0, 0.05) is 14.9 Å². The van der Waals surface area contributed by atoms with E-state index in [-0.39, 0.29) is 4.75 Å². The molecule has 17 heavy (non-hydrogen) atoms. The van der Waals surface area contributed by atoms with Crippen LogP contribution in [0.25, 0.3) is 0 Å². The van der Waals surface area contributed by atoms with Crippen LogP contribution in [0.3, 0.4) is 0 Å². The quantitative estimate of drug-likeness (QED) is 0.682. The molecule has 0 aromatic heterocycles. The number of rotatable bonds is 2. The SMILES string of the molecule is CC(C)(C)SN=C1CC(c2ccc(Br)cc2)C1. The highest BCUT2D eigenvalue weighted by Crippen LogP contribution is 2.37. The molecule has 1 aliphatic carbocycles. The molecular weight excluding hydrogens is 294 g/mol. The summed E-state index contributed by atoms with van der Waals surface area (Å²) in [7, 11) is 0. The molecule has 0 amide bonds. The second-order valence-electron chi connectivity index (χ2n) is 5.52. The van der Waals surface area contributed by atoms with Gasteiger partial charge in [-0.3, -0.25) is 0 Å². The summed E-state index contributed by atoms with van der Waals surface area (Å²) >= 11 is 5.16. The average molecular weight is 312 g/mol. The summed E-state index contributed by atoms with van der Waals surface area (Å²) in [6.45, 7) is 6.60. The number of benzene rings is 1. The van der Waals surface area contributed by atoms with Gasteiger partial charge in [0.25, 0.3) is 0 Å². The zero-order valence-electron chi connectivity index (χ0n) is 10.5. The molecule has 0 heterocycles. The van der Waals surface area contributed by atoms with Gasteiger partial charge in [0.15, 0.2) is 0 Å². The van der Waals surface area contributed by atoms with E-state index in [9.17, 15) is 0 Å². The van der Waals surface area contributed by atoms with E-state index in [0.717, 1.165) is 17.3 Å². The molecular formula is C14H18BrNS. The van der Waals surface area contributed by atoms with E-state index in [0.29, 0.717) is 5.92 Å². The molecule has 1 aliphatic rings. The monoisotopic (exact) mass is 311 g/mol. The molecule has 2 rings (SSSR count). The maximum Gasteiger partial charge on any atom is 0.0294 e. The van der Waals surface area contributed by atoms with Crippen molar-refractivity contribution < 1.29 is 0 Å². The smallest absolute Gasteiger partial charge is 0.0294 e. The van der Waals surface area contributed by atoms with Gasteiger partial charge in [-0.1, -0.05) is 28.1 Å². The molecule has 1 saturated carbocycles. The summed E-state index contributed by atoms with van der Waals surface area (Å²) < 4.78 is 6.00. The Bertz CT molecular complexity index is 409. The van der Waals surface area contributed by atoms with Gasteiger partial charge in [0.1, 0.15) is 0 Å². The Morgan fingerprint density at radius 1 is 1.18 bits per heavy atom. The van der Waals surface area contributed by atoms with Crippen LogP contribution in [0.15, 0.2) is 33.1 Å². The Labute approximate surface area is 116 Å². The van der Waals surface area contributed by atoms with Gasteiger partial charge in [-0.15, -0.1) is 0 Å². The zero-order chi connectivity index (χ0) is 12.5. The van der Waals surface area contributed by atoms with Crippen LogP contribution in [0.4, 0.5) is 0 Å². The topological polar surface area (TPSA) is 12.4 Å². The summed E-state index contributed by atoms with van der Waals surface area (Å²) in [5.41, 5.74) is 2.80. The normalized spacial score (nSPS) is 20.0. The second-order valence-corrected chi connectivity index (χ2v) is 8.02. The zero-order valence-corrected chi connectivity index (χ0v) is 12.9. The number of hydrogen-bond donors (Lipinski definition) is 0. The highest BCUT2D eigenvalue weighted by Gasteiger charge is 2.26. The fraction of sp³-hybridized carbons (Fsp3) is 0.500. The van der Waals surface area contributed by atoms with Crippen LogP contribution < -0.4 is 0 Å².